The van der Waals surface area contributed by atoms with Gasteiger partial charge in [-0.25, -0.2) is 19.9 Å². The van der Waals surface area contributed by atoms with Crippen molar-refractivity contribution in [2.75, 3.05) is 133 Å². The number of rotatable bonds is 12. The van der Waals surface area contributed by atoms with Gasteiger partial charge < -0.3 is 47.9 Å². The summed E-state index contributed by atoms with van der Waals surface area (Å²) < 4.78 is 83.9. The maximum atomic E-state index is 14.0. The van der Waals surface area contributed by atoms with Crippen molar-refractivity contribution in [1.29, 1.82) is 0 Å². The van der Waals surface area contributed by atoms with E-state index >= 15 is 0 Å². The number of hydrogen-bond acceptors (Lipinski definition) is 17. The number of amides is 3. The molecule has 3 fully saturated rings. The van der Waals surface area contributed by atoms with E-state index in [9.17, 15) is 40.7 Å². The molecule has 0 spiro atoms. The summed E-state index contributed by atoms with van der Waals surface area (Å²) in [6.07, 6.45) is -2.59. The second kappa shape index (κ2) is 38.3. The maximum Gasteiger partial charge on any atom is 0.416 e. The Balaban J connectivity index is 0.000000157. The highest BCUT2D eigenvalue weighted by Crippen LogP contribution is 2.38. The number of halogens is 8. The standard InChI is InChI=1S/C31H28ClF3N6O.C31H30ClN5O.C31H29F3N6O/c1-19-3-9-28(39-27(19)10-8-24-25-15-22(32)6-4-20(25)17-37-29(24)36)30(42)38-23-7-5-21(26(16-23)31(33,34)35)18-41-13-11-40(2)12-14-41;1-21-3-6-24(17-23(21)8-12-28-29-18-26(32)9-7-25(29)19-34-30(28)33)31(38)35-27-10-4-22(5-11-27)20-37-15-13-36(2)14-16-37;1-20-5-6-22(16-21(20)7-8-23-18-37-29(35)26-4-3-11-36-28(23)26)30(41)38-25-10-9-24(27(17-25)31(32,33)34)19-40-14-12-39(2)13-15-40/h3-7,9,15-17H,11-14,18H2,1-2H3,(H2,36,37)(H,38,42);3-7,9-11,17-19H,13-16,20H2,1-2H3,(H2,33,34)(H,35,38);3-6,9-11,16-18H,12-15,19H2,1-2H3,(H2,35,37)(H,38,41). The van der Waals surface area contributed by atoms with Gasteiger partial charge in [0.05, 0.1) is 33.3 Å². The molecule has 20 nitrogen and oxygen atoms in total. The fraction of sp³-hybridized carbons (Fsp3) is 0.247. The molecule has 3 aliphatic rings. The third-order valence-electron chi connectivity index (χ3n) is 21.3. The normalized spacial score (nSPS) is 14.4. The average molecular weight is 1680 g/mol. The van der Waals surface area contributed by atoms with Crippen LogP contribution in [0.2, 0.25) is 10.0 Å². The van der Waals surface area contributed by atoms with E-state index in [0.717, 1.165) is 115 Å². The predicted octanol–water partition coefficient (Wildman–Crippen LogP) is 15.7. The van der Waals surface area contributed by atoms with E-state index in [-0.39, 0.29) is 58.6 Å². The molecule has 5 aromatic heterocycles. The molecule has 0 atom stereocenters. The van der Waals surface area contributed by atoms with Gasteiger partial charge in [-0.1, -0.05) is 107 Å². The minimum atomic E-state index is -4.57. The van der Waals surface area contributed by atoms with Gasteiger partial charge in [0.25, 0.3) is 17.7 Å². The summed E-state index contributed by atoms with van der Waals surface area (Å²) in [6, 6.07) is 44.0. The Labute approximate surface area is 707 Å². The molecule has 7 aromatic carbocycles. The molecular formula is C93H87Cl2F6N17O3. The number of likely N-dealkylation sites (N-methyl/N-ethyl adjacent to an activating group) is 3. The van der Waals surface area contributed by atoms with Crippen LogP contribution in [0.15, 0.2) is 183 Å². The minimum absolute atomic E-state index is 0.00651. The number of anilines is 6. The number of aryl methyl sites for hydroxylation is 3. The van der Waals surface area contributed by atoms with E-state index in [1.165, 1.54) is 35.9 Å². The van der Waals surface area contributed by atoms with E-state index in [4.69, 9.17) is 40.4 Å². The molecule has 0 saturated carbocycles. The highest BCUT2D eigenvalue weighted by molar-refractivity contribution is 6.32. The fourth-order valence-electron chi connectivity index (χ4n) is 14.0. The number of alkyl halides is 6. The SMILES string of the molecule is Cc1ccc(C(=O)Nc2ccc(CN3CCN(C)CC3)c(C(F)(F)F)c2)cc1C#Cc1cnc(N)c2cccnc12.Cc1ccc(C(=O)Nc2ccc(CN3CCN(C)CC3)c(C(F)(F)F)c2)nc1C#Cc1c(N)ncc2ccc(Cl)cc12.Cc1ccc(C(=O)Nc2ccc(CN3CCN(C)CC3)cc2)cc1C#Cc1c(N)ncc2ccc(Cl)cc12. The van der Waals surface area contributed by atoms with Crippen molar-refractivity contribution in [1.82, 2.24) is 54.3 Å². The average Bonchev–Trinajstić information content (AvgIpc) is 0.797. The van der Waals surface area contributed by atoms with Crippen LogP contribution < -0.4 is 33.2 Å². The molecule has 618 valence electrons. The Morgan fingerprint density at radius 3 is 1.35 bits per heavy atom. The van der Waals surface area contributed by atoms with Gasteiger partial charge in [0.15, 0.2) is 0 Å². The Morgan fingerprint density at radius 2 is 0.851 bits per heavy atom. The molecule has 0 radical (unpaired) electrons. The molecule has 28 heteroatoms. The van der Waals surface area contributed by atoms with Crippen LogP contribution in [0.1, 0.15) is 109 Å². The lowest BCUT2D eigenvalue weighted by atomic mass is 10.0. The lowest BCUT2D eigenvalue weighted by Gasteiger charge is -2.33. The van der Waals surface area contributed by atoms with Crippen LogP contribution in [0.4, 0.5) is 60.9 Å². The fourth-order valence-corrected chi connectivity index (χ4v) is 14.3. The third-order valence-corrected chi connectivity index (χ3v) is 21.7. The second-order valence-corrected chi connectivity index (χ2v) is 31.0. The molecule has 8 heterocycles. The van der Waals surface area contributed by atoms with Gasteiger partial charge in [-0.2, -0.15) is 26.3 Å². The molecule has 0 unspecified atom stereocenters. The first-order chi connectivity index (χ1) is 57.9. The molecule has 0 bridgehead atoms. The number of benzene rings is 7. The lowest BCUT2D eigenvalue weighted by molar-refractivity contribution is -0.139. The number of pyridine rings is 5. The molecule has 3 saturated heterocycles. The van der Waals surface area contributed by atoms with Crippen molar-refractivity contribution < 1.29 is 40.7 Å². The molecule has 121 heavy (non-hydrogen) atoms. The zero-order valence-electron chi connectivity index (χ0n) is 67.3. The first kappa shape index (κ1) is 86.3. The van der Waals surface area contributed by atoms with Gasteiger partial charge in [-0.05, 0) is 184 Å². The molecule has 3 amide bonds. The van der Waals surface area contributed by atoms with Gasteiger partial charge in [-0.3, -0.25) is 34.1 Å². The van der Waals surface area contributed by atoms with E-state index in [1.54, 1.807) is 80.2 Å². The summed E-state index contributed by atoms with van der Waals surface area (Å²) >= 11 is 12.4. The van der Waals surface area contributed by atoms with Gasteiger partial charge in [0.2, 0.25) is 0 Å². The Hall–Kier alpha value is -12.5. The Morgan fingerprint density at radius 1 is 0.421 bits per heavy atom. The zero-order valence-corrected chi connectivity index (χ0v) is 68.8. The summed E-state index contributed by atoms with van der Waals surface area (Å²) in [5.74, 6) is 18.0. The molecule has 3 aliphatic heterocycles. The lowest BCUT2D eigenvalue weighted by Crippen LogP contribution is -2.44. The number of nitrogens with one attached hydrogen (secondary N) is 3. The van der Waals surface area contributed by atoms with Crippen LogP contribution in [0.3, 0.4) is 0 Å². The first-order valence-electron chi connectivity index (χ1n) is 39.0. The summed E-state index contributed by atoms with van der Waals surface area (Å²) in [5.41, 5.74) is 26.4. The number of aromatic nitrogens is 5. The topological polar surface area (TPSA) is 249 Å². The zero-order chi connectivity index (χ0) is 85.8. The van der Waals surface area contributed by atoms with Gasteiger partial charge in [0.1, 0.15) is 28.8 Å². The number of hydrogen-bond donors (Lipinski definition) is 6. The minimum Gasteiger partial charge on any atom is -0.383 e. The molecule has 12 aromatic rings. The largest absolute Gasteiger partial charge is 0.416 e. The van der Waals surface area contributed by atoms with Crippen molar-refractivity contribution in [3.63, 3.8) is 0 Å². The number of carbonyl (C=O) groups is 3. The van der Waals surface area contributed by atoms with Crippen LogP contribution >= 0.6 is 23.2 Å². The van der Waals surface area contributed by atoms with Crippen molar-refractivity contribution in [2.45, 2.75) is 52.8 Å². The number of piperazine rings is 3. The van der Waals surface area contributed by atoms with Crippen LogP contribution in [0, 0.1) is 56.3 Å². The van der Waals surface area contributed by atoms with E-state index in [0.29, 0.717) is 97.8 Å². The number of nitrogen functional groups attached to an aromatic ring is 3. The van der Waals surface area contributed by atoms with E-state index in [2.05, 4.69) is 115 Å². The van der Waals surface area contributed by atoms with Crippen LogP contribution in [-0.2, 0) is 32.0 Å². The molecule has 0 aliphatic carbocycles. The molecule has 15 rings (SSSR count). The van der Waals surface area contributed by atoms with Gasteiger partial charge in [-0.15, -0.1) is 0 Å². The van der Waals surface area contributed by atoms with Crippen molar-refractivity contribution in [3.05, 3.63) is 287 Å². The number of nitrogens with zero attached hydrogens (tertiary/aromatic N) is 11. The predicted molar refractivity (Wildman–Crippen MR) is 467 cm³/mol. The highest BCUT2D eigenvalue weighted by Gasteiger charge is 2.36. The molecular weight excluding hydrogens is 1590 g/mol. The number of carbonyl (C=O) groups excluding carboxylic acids is 3. The first-order valence-corrected chi connectivity index (χ1v) is 39.7. The monoisotopic (exact) mass is 1670 g/mol. The van der Waals surface area contributed by atoms with Crippen molar-refractivity contribution >= 4 is 108 Å². The van der Waals surface area contributed by atoms with Gasteiger partial charge >= 0.3 is 12.4 Å². The second-order valence-electron chi connectivity index (χ2n) is 30.2. The Kier molecular flexibility index (Phi) is 27.3. The summed E-state index contributed by atoms with van der Waals surface area (Å²) in [6.45, 7) is 17.2. The van der Waals surface area contributed by atoms with Crippen LogP contribution in [0.25, 0.3) is 32.4 Å². The summed E-state index contributed by atoms with van der Waals surface area (Å²) in [7, 11) is 6.15. The van der Waals surface area contributed by atoms with Crippen molar-refractivity contribution in [3.8, 4) is 35.5 Å². The number of nitrogens with two attached hydrogens (primary N) is 3. The number of fused-ring (bicyclic) bond motifs is 3. The quantitative estimate of drug-likeness (QED) is 0.0491. The van der Waals surface area contributed by atoms with Crippen LogP contribution in [0.5, 0.6) is 0 Å². The van der Waals surface area contributed by atoms with Crippen LogP contribution in [-0.4, -0.2) is 172 Å². The van der Waals surface area contributed by atoms with Crippen molar-refractivity contribution in [2.24, 2.45) is 0 Å². The molecule has 9 N–H and O–H groups in total. The summed E-state index contributed by atoms with van der Waals surface area (Å²) in [4.78, 5) is 73.7. The van der Waals surface area contributed by atoms with E-state index in [1.807, 2.05) is 92.3 Å². The maximum absolute atomic E-state index is 14.0. The highest BCUT2D eigenvalue weighted by atomic mass is 35.5. The Bertz CT molecular complexity index is 6100. The van der Waals surface area contributed by atoms with E-state index < -0.39 is 35.3 Å². The smallest absolute Gasteiger partial charge is 0.383 e. The third kappa shape index (κ3) is 22.3. The van der Waals surface area contributed by atoms with Gasteiger partial charge in [0, 0.05) is 199 Å². The summed E-state index contributed by atoms with van der Waals surface area (Å²) in [5, 5.41) is 13.3.